The molecule has 0 spiro atoms. The first-order valence-corrected chi connectivity index (χ1v) is 6.57. The quantitative estimate of drug-likeness (QED) is 0.669. The molecule has 1 heterocycles. The molecular formula is C15H14N2O4. The second kappa shape index (κ2) is 5.51. The minimum Gasteiger partial charge on any atom is -0.484 e. The topological polar surface area (TPSA) is 84.6 Å². The van der Waals surface area contributed by atoms with Crippen LogP contribution in [0.15, 0.2) is 48.5 Å². The molecule has 3 rings (SSSR count). The van der Waals surface area contributed by atoms with Gasteiger partial charge in [-0.2, -0.15) is 5.48 Å². The van der Waals surface area contributed by atoms with E-state index in [-0.39, 0.29) is 17.8 Å². The van der Waals surface area contributed by atoms with Gasteiger partial charge in [-0.25, -0.2) is 0 Å². The molecule has 2 atom stereocenters. The fraction of sp³-hybridized carbons (Fsp3) is 0.200. The van der Waals surface area contributed by atoms with Gasteiger partial charge in [0.25, 0.3) is 5.69 Å². The Hall–Kier alpha value is -2.44. The van der Waals surface area contributed by atoms with Crippen LogP contribution in [0.5, 0.6) is 5.75 Å². The van der Waals surface area contributed by atoms with Gasteiger partial charge in [0.2, 0.25) is 0 Å². The summed E-state index contributed by atoms with van der Waals surface area (Å²) in [7, 11) is 0. The molecule has 0 saturated carbocycles. The molecule has 0 radical (unpaired) electrons. The van der Waals surface area contributed by atoms with E-state index in [4.69, 9.17) is 4.74 Å². The van der Waals surface area contributed by atoms with E-state index in [1.807, 2.05) is 30.3 Å². The SMILES string of the molecule is O=[N+]([O-])c1ccc2c(c1)C[C@H](NO)[C@H](c1ccccc1)O2. The Bertz CT molecular complexity index is 660. The molecule has 108 valence electrons. The molecule has 6 heteroatoms. The average molecular weight is 286 g/mol. The van der Waals surface area contributed by atoms with Gasteiger partial charge < -0.3 is 9.94 Å². The molecule has 0 aromatic heterocycles. The van der Waals surface area contributed by atoms with Crippen LogP contribution in [0, 0.1) is 10.1 Å². The van der Waals surface area contributed by atoms with Gasteiger partial charge in [0.15, 0.2) is 0 Å². The Morgan fingerprint density at radius 2 is 2.00 bits per heavy atom. The standard InChI is InChI=1S/C15H14N2O4/c18-16-13-9-11-8-12(17(19)20)6-7-14(11)21-15(13)10-4-2-1-3-5-10/h1-8,13,15-16,18H,9H2/t13-,15-/m0/s1. The van der Waals surface area contributed by atoms with Crippen LogP contribution in [0.3, 0.4) is 0 Å². The van der Waals surface area contributed by atoms with E-state index in [1.54, 1.807) is 6.07 Å². The summed E-state index contributed by atoms with van der Waals surface area (Å²) < 4.78 is 5.91. The van der Waals surface area contributed by atoms with Gasteiger partial charge in [-0.3, -0.25) is 10.1 Å². The summed E-state index contributed by atoms with van der Waals surface area (Å²) >= 11 is 0. The molecule has 0 bridgehead atoms. The number of nitrogens with one attached hydrogen (secondary N) is 1. The zero-order valence-corrected chi connectivity index (χ0v) is 11.1. The molecule has 0 fully saturated rings. The number of benzene rings is 2. The predicted octanol–water partition coefficient (Wildman–Crippen LogP) is 2.62. The molecule has 1 aliphatic heterocycles. The van der Waals surface area contributed by atoms with Gasteiger partial charge in [0.1, 0.15) is 11.9 Å². The molecule has 0 amide bonds. The Labute approximate surface area is 121 Å². The summed E-state index contributed by atoms with van der Waals surface area (Å²) in [6.07, 6.45) is 0.109. The minimum atomic E-state index is -0.440. The summed E-state index contributed by atoms with van der Waals surface area (Å²) in [5, 5.41) is 20.2. The predicted molar refractivity (Wildman–Crippen MR) is 75.3 cm³/mol. The Morgan fingerprint density at radius 3 is 2.67 bits per heavy atom. The Kier molecular flexibility index (Phi) is 3.55. The monoisotopic (exact) mass is 286 g/mol. The van der Waals surface area contributed by atoms with Gasteiger partial charge in [0.05, 0.1) is 11.0 Å². The van der Waals surface area contributed by atoms with Crippen LogP contribution in [-0.2, 0) is 6.42 Å². The number of nitrogens with zero attached hydrogens (tertiary/aromatic N) is 1. The van der Waals surface area contributed by atoms with Crippen molar-refractivity contribution < 1.29 is 14.9 Å². The van der Waals surface area contributed by atoms with Crippen molar-refractivity contribution in [1.29, 1.82) is 0 Å². The normalized spacial score (nSPS) is 20.4. The molecular weight excluding hydrogens is 272 g/mol. The lowest BCUT2D eigenvalue weighted by Gasteiger charge is -2.32. The maximum absolute atomic E-state index is 10.8. The van der Waals surface area contributed by atoms with Gasteiger partial charge in [-0.05, 0) is 18.1 Å². The molecule has 0 unspecified atom stereocenters. The number of ether oxygens (including phenoxy) is 1. The van der Waals surface area contributed by atoms with Crippen molar-refractivity contribution in [3.8, 4) is 5.75 Å². The van der Waals surface area contributed by atoms with Crippen molar-refractivity contribution in [1.82, 2.24) is 5.48 Å². The summed E-state index contributed by atoms with van der Waals surface area (Å²) in [5.41, 5.74) is 3.92. The van der Waals surface area contributed by atoms with Crippen molar-refractivity contribution in [2.24, 2.45) is 0 Å². The molecule has 2 aromatic rings. The average Bonchev–Trinajstić information content (AvgIpc) is 2.53. The van der Waals surface area contributed by atoms with E-state index < -0.39 is 4.92 Å². The highest BCUT2D eigenvalue weighted by Crippen LogP contribution is 2.36. The van der Waals surface area contributed by atoms with Crippen LogP contribution in [0.1, 0.15) is 17.2 Å². The fourth-order valence-corrected chi connectivity index (χ4v) is 2.57. The number of rotatable bonds is 3. The van der Waals surface area contributed by atoms with Crippen LogP contribution < -0.4 is 10.2 Å². The van der Waals surface area contributed by atoms with Gasteiger partial charge in [0, 0.05) is 17.7 Å². The number of nitro benzene ring substituents is 1. The summed E-state index contributed by atoms with van der Waals surface area (Å²) in [6.45, 7) is 0. The van der Waals surface area contributed by atoms with Gasteiger partial charge >= 0.3 is 0 Å². The summed E-state index contributed by atoms with van der Waals surface area (Å²) in [5.74, 6) is 0.612. The zero-order valence-electron chi connectivity index (χ0n) is 11.1. The smallest absolute Gasteiger partial charge is 0.269 e. The zero-order chi connectivity index (χ0) is 14.8. The number of non-ortho nitro benzene ring substituents is 1. The first-order valence-electron chi connectivity index (χ1n) is 6.57. The van der Waals surface area contributed by atoms with E-state index in [0.29, 0.717) is 17.7 Å². The number of hydrogen-bond acceptors (Lipinski definition) is 5. The Balaban J connectivity index is 1.96. The number of hydroxylamine groups is 1. The lowest BCUT2D eigenvalue weighted by molar-refractivity contribution is -0.385. The van der Waals surface area contributed by atoms with Crippen molar-refractivity contribution in [3.63, 3.8) is 0 Å². The third-order valence-electron chi connectivity index (χ3n) is 3.61. The van der Waals surface area contributed by atoms with Crippen LogP contribution >= 0.6 is 0 Å². The van der Waals surface area contributed by atoms with Gasteiger partial charge in [-0.15, -0.1) is 0 Å². The fourth-order valence-electron chi connectivity index (χ4n) is 2.57. The lowest BCUT2D eigenvalue weighted by atomic mass is 9.93. The van der Waals surface area contributed by atoms with E-state index in [0.717, 1.165) is 5.56 Å². The van der Waals surface area contributed by atoms with E-state index in [9.17, 15) is 15.3 Å². The van der Waals surface area contributed by atoms with Crippen molar-refractivity contribution >= 4 is 5.69 Å². The number of nitro groups is 1. The summed E-state index contributed by atoms with van der Waals surface area (Å²) in [6, 6.07) is 13.7. The maximum atomic E-state index is 10.8. The molecule has 1 aliphatic rings. The molecule has 0 aliphatic carbocycles. The highest BCUT2D eigenvalue weighted by atomic mass is 16.6. The molecule has 21 heavy (non-hydrogen) atoms. The number of hydrogen-bond donors (Lipinski definition) is 2. The van der Waals surface area contributed by atoms with Gasteiger partial charge in [-0.1, -0.05) is 30.3 Å². The maximum Gasteiger partial charge on any atom is 0.269 e. The highest BCUT2D eigenvalue weighted by Gasteiger charge is 2.31. The third kappa shape index (κ3) is 2.58. The lowest BCUT2D eigenvalue weighted by Crippen LogP contribution is -2.40. The second-order valence-corrected chi connectivity index (χ2v) is 4.94. The third-order valence-corrected chi connectivity index (χ3v) is 3.61. The van der Waals surface area contributed by atoms with E-state index >= 15 is 0 Å². The summed E-state index contributed by atoms with van der Waals surface area (Å²) in [4.78, 5) is 10.4. The first kappa shape index (κ1) is 13.5. The first-order chi connectivity index (χ1) is 10.2. The Morgan fingerprint density at radius 1 is 1.24 bits per heavy atom. The van der Waals surface area contributed by atoms with Crippen LogP contribution in [0.4, 0.5) is 5.69 Å². The van der Waals surface area contributed by atoms with Crippen LogP contribution in [0.2, 0.25) is 0 Å². The van der Waals surface area contributed by atoms with Crippen molar-refractivity contribution in [3.05, 3.63) is 69.8 Å². The molecule has 6 nitrogen and oxygen atoms in total. The molecule has 0 saturated heterocycles. The van der Waals surface area contributed by atoms with E-state index in [2.05, 4.69) is 5.48 Å². The van der Waals surface area contributed by atoms with E-state index in [1.165, 1.54) is 12.1 Å². The van der Waals surface area contributed by atoms with Crippen molar-refractivity contribution in [2.45, 2.75) is 18.6 Å². The minimum absolute atomic E-state index is 0.0206. The van der Waals surface area contributed by atoms with Crippen LogP contribution in [-0.4, -0.2) is 16.2 Å². The second-order valence-electron chi connectivity index (χ2n) is 4.94. The van der Waals surface area contributed by atoms with Crippen LogP contribution in [0.25, 0.3) is 0 Å². The largest absolute Gasteiger partial charge is 0.484 e. The molecule has 2 aromatic carbocycles. The highest BCUT2D eigenvalue weighted by molar-refractivity contribution is 5.46. The number of fused-ring (bicyclic) bond motifs is 1. The molecule has 2 N–H and O–H groups in total. The van der Waals surface area contributed by atoms with Crippen molar-refractivity contribution in [2.75, 3.05) is 0 Å².